The van der Waals surface area contributed by atoms with Gasteiger partial charge in [0, 0.05) is 0 Å². The Morgan fingerprint density at radius 3 is 2.93 bits per heavy atom. The van der Waals surface area contributed by atoms with Gasteiger partial charge in [0.2, 0.25) is 5.16 Å². The Kier molecular flexibility index (Phi) is 2.92. The van der Waals surface area contributed by atoms with Gasteiger partial charge in [-0.05, 0) is 40.7 Å². The summed E-state index contributed by atoms with van der Waals surface area (Å²) in [5.74, 6) is 0.782. The predicted molar refractivity (Wildman–Crippen MR) is 61.6 cm³/mol. The number of aromatic amines is 1. The molecular formula is C8H8BrN5S. The van der Waals surface area contributed by atoms with E-state index >= 15 is 0 Å². The number of hydrogen-bond donors (Lipinski definition) is 2. The first kappa shape index (κ1) is 10.4. The van der Waals surface area contributed by atoms with Crippen molar-refractivity contribution in [2.45, 2.75) is 17.1 Å². The van der Waals surface area contributed by atoms with Crippen molar-refractivity contribution >= 4 is 33.4 Å². The SMILES string of the molecule is Cc1nc(Sc2ncc(N)cc2Br)n[nH]1. The van der Waals surface area contributed by atoms with Crippen LogP contribution >= 0.6 is 27.7 Å². The fraction of sp³-hybridized carbons (Fsp3) is 0.125. The van der Waals surface area contributed by atoms with E-state index in [-0.39, 0.29) is 0 Å². The highest BCUT2D eigenvalue weighted by molar-refractivity contribution is 9.10. The molecule has 0 radical (unpaired) electrons. The van der Waals surface area contributed by atoms with E-state index in [1.54, 1.807) is 12.3 Å². The van der Waals surface area contributed by atoms with E-state index in [1.165, 1.54) is 11.8 Å². The summed E-state index contributed by atoms with van der Waals surface area (Å²) in [5.41, 5.74) is 6.21. The van der Waals surface area contributed by atoms with Gasteiger partial charge in [0.15, 0.2) is 0 Å². The Hall–Kier alpha value is -1.08. The van der Waals surface area contributed by atoms with Crippen molar-refractivity contribution in [2.24, 2.45) is 0 Å². The smallest absolute Gasteiger partial charge is 0.214 e. The van der Waals surface area contributed by atoms with Crippen molar-refractivity contribution in [3.63, 3.8) is 0 Å². The first-order chi connectivity index (χ1) is 7.15. The molecule has 2 aromatic rings. The molecule has 0 saturated carbocycles. The highest BCUT2D eigenvalue weighted by Crippen LogP contribution is 2.30. The highest BCUT2D eigenvalue weighted by atomic mass is 79.9. The molecule has 5 nitrogen and oxygen atoms in total. The molecule has 0 aromatic carbocycles. The zero-order valence-electron chi connectivity index (χ0n) is 7.86. The predicted octanol–water partition coefficient (Wildman–Crippen LogP) is 2.00. The number of hydrogen-bond acceptors (Lipinski definition) is 5. The first-order valence-electron chi connectivity index (χ1n) is 4.13. The summed E-state index contributed by atoms with van der Waals surface area (Å²) >= 11 is 4.76. The second-order valence-electron chi connectivity index (χ2n) is 2.86. The second-order valence-corrected chi connectivity index (χ2v) is 4.67. The number of pyridine rings is 1. The zero-order valence-corrected chi connectivity index (χ0v) is 10.3. The summed E-state index contributed by atoms with van der Waals surface area (Å²) in [6.07, 6.45) is 1.60. The molecule has 0 spiro atoms. The van der Waals surface area contributed by atoms with Gasteiger partial charge in [-0.15, -0.1) is 5.10 Å². The summed E-state index contributed by atoms with van der Waals surface area (Å²) in [7, 11) is 0. The summed E-state index contributed by atoms with van der Waals surface area (Å²) in [6, 6.07) is 1.80. The molecule has 15 heavy (non-hydrogen) atoms. The summed E-state index contributed by atoms with van der Waals surface area (Å²) in [6.45, 7) is 1.85. The molecule has 7 heteroatoms. The number of nitrogens with zero attached hydrogens (tertiary/aromatic N) is 3. The summed E-state index contributed by atoms with van der Waals surface area (Å²) in [4.78, 5) is 8.35. The quantitative estimate of drug-likeness (QED) is 0.882. The molecule has 0 aliphatic rings. The fourth-order valence-corrected chi connectivity index (χ4v) is 2.29. The van der Waals surface area contributed by atoms with Gasteiger partial charge in [-0.2, -0.15) is 0 Å². The Morgan fingerprint density at radius 1 is 1.53 bits per heavy atom. The van der Waals surface area contributed by atoms with Crippen LogP contribution in [0.25, 0.3) is 0 Å². The molecule has 0 bridgehead atoms. The number of aryl methyl sites for hydroxylation is 1. The molecule has 0 unspecified atom stereocenters. The third-order valence-corrected chi connectivity index (χ3v) is 3.34. The van der Waals surface area contributed by atoms with Gasteiger partial charge < -0.3 is 5.73 Å². The number of H-pyrrole nitrogens is 1. The molecular weight excluding hydrogens is 278 g/mol. The van der Waals surface area contributed by atoms with E-state index in [0.717, 1.165) is 15.3 Å². The maximum absolute atomic E-state index is 5.59. The van der Waals surface area contributed by atoms with Crippen LogP contribution in [0.3, 0.4) is 0 Å². The second kappa shape index (κ2) is 4.19. The molecule has 0 atom stereocenters. The Labute approximate surface area is 99.0 Å². The van der Waals surface area contributed by atoms with Gasteiger partial charge in [-0.1, -0.05) is 0 Å². The lowest BCUT2D eigenvalue weighted by atomic mass is 10.4. The molecule has 2 heterocycles. The Morgan fingerprint density at radius 2 is 2.33 bits per heavy atom. The van der Waals surface area contributed by atoms with E-state index < -0.39 is 0 Å². The summed E-state index contributed by atoms with van der Waals surface area (Å²) < 4.78 is 0.843. The number of halogens is 1. The first-order valence-corrected chi connectivity index (χ1v) is 5.74. The lowest BCUT2D eigenvalue weighted by molar-refractivity contribution is 0.963. The number of aromatic nitrogens is 4. The van der Waals surface area contributed by atoms with Crippen molar-refractivity contribution < 1.29 is 0 Å². The molecule has 78 valence electrons. The van der Waals surface area contributed by atoms with Crippen LogP contribution in [-0.2, 0) is 0 Å². The van der Waals surface area contributed by atoms with Crippen molar-refractivity contribution in [3.05, 3.63) is 22.6 Å². The van der Waals surface area contributed by atoms with Crippen LogP contribution in [0, 0.1) is 6.92 Å². The summed E-state index contributed by atoms with van der Waals surface area (Å²) in [5, 5.41) is 8.22. The Balaban J connectivity index is 2.24. The molecule has 0 saturated heterocycles. The molecule has 0 fully saturated rings. The van der Waals surface area contributed by atoms with Gasteiger partial charge in [-0.3, -0.25) is 5.10 Å². The van der Waals surface area contributed by atoms with Gasteiger partial charge >= 0.3 is 0 Å². The number of rotatable bonds is 2. The van der Waals surface area contributed by atoms with E-state index in [9.17, 15) is 0 Å². The molecule has 3 N–H and O–H groups in total. The third kappa shape index (κ3) is 2.48. The van der Waals surface area contributed by atoms with E-state index in [1.807, 2.05) is 6.92 Å². The number of nitrogens with one attached hydrogen (secondary N) is 1. The lowest BCUT2D eigenvalue weighted by Gasteiger charge is -2.00. The van der Waals surface area contributed by atoms with Crippen LogP contribution in [0.1, 0.15) is 5.82 Å². The van der Waals surface area contributed by atoms with Crippen molar-refractivity contribution in [2.75, 3.05) is 5.73 Å². The number of nitrogens with two attached hydrogens (primary N) is 1. The minimum atomic E-state index is 0.623. The minimum Gasteiger partial charge on any atom is -0.397 e. The van der Waals surface area contributed by atoms with Crippen LogP contribution in [0.5, 0.6) is 0 Å². The van der Waals surface area contributed by atoms with Crippen LogP contribution < -0.4 is 5.73 Å². The topological polar surface area (TPSA) is 80.5 Å². The maximum Gasteiger partial charge on any atom is 0.214 e. The third-order valence-electron chi connectivity index (χ3n) is 1.59. The minimum absolute atomic E-state index is 0.623. The Bertz CT molecular complexity index is 484. The van der Waals surface area contributed by atoms with Crippen molar-refractivity contribution in [1.29, 1.82) is 0 Å². The van der Waals surface area contributed by atoms with E-state index in [4.69, 9.17) is 5.73 Å². The van der Waals surface area contributed by atoms with Gasteiger partial charge in [0.25, 0.3) is 0 Å². The standard InChI is InChI=1S/C8H8BrN5S/c1-4-12-8(14-13-4)15-7-6(9)2-5(10)3-11-7/h2-3H,10H2,1H3,(H,12,13,14). The van der Waals surface area contributed by atoms with Crippen LogP contribution in [-0.4, -0.2) is 20.2 Å². The largest absolute Gasteiger partial charge is 0.397 e. The monoisotopic (exact) mass is 285 g/mol. The van der Waals surface area contributed by atoms with Crippen LogP contribution in [0.4, 0.5) is 5.69 Å². The number of nitrogen functional groups attached to an aromatic ring is 1. The van der Waals surface area contributed by atoms with Gasteiger partial charge in [0.1, 0.15) is 10.9 Å². The van der Waals surface area contributed by atoms with E-state index in [0.29, 0.717) is 10.8 Å². The molecule has 2 rings (SSSR count). The molecule has 0 amide bonds. The van der Waals surface area contributed by atoms with Crippen LogP contribution in [0.2, 0.25) is 0 Å². The lowest BCUT2D eigenvalue weighted by Crippen LogP contribution is -1.89. The normalized spacial score (nSPS) is 10.5. The zero-order chi connectivity index (χ0) is 10.8. The molecule has 0 aliphatic carbocycles. The molecule has 0 aliphatic heterocycles. The average Bonchev–Trinajstić information content (AvgIpc) is 2.56. The molecule has 2 aromatic heterocycles. The van der Waals surface area contributed by atoms with Gasteiger partial charge in [-0.25, -0.2) is 9.97 Å². The van der Waals surface area contributed by atoms with Crippen molar-refractivity contribution in [1.82, 2.24) is 20.2 Å². The number of anilines is 1. The fourth-order valence-electron chi connectivity index (χ4n) is 0.970. The average molecular weight is 286 g/mol. The highest BCUT2D eigenvalue weighted by Gasteiger charge is 2.07. The van der Waals surface area contributed by atoms with Crippen LogP contribution in [0.15, 0.2) is 26.9 Å². The van der Waals surface area contributed by atoms with Crippen molar-refractivity contribution in [3.8, 4) is 0 Å². The van der Waals surface area contributed by atoms with E-state index in [2.05, 4.69) is 36.1 Å². The van der Waals surface area contributed by atoms with Gasteiger partial charge in [0.05, 0.1) is 16.4 Å². The maximum atomic E-state index is 5.59.